The molecular formula is C15H17NO4. The van der Waals surface area contributed by atoms with Gasteiger partial charge in [-0.15, -0.1) is 0 Å². The molecule has 1 fully saturated rings. The van der Waals surface area contributed by atoms with E-state index < -0.39 is 17.7 Å². The minimum Gasteiger partial charge on any atom is -0.452 e. The molecule has 1 aromatic rings. The van der Waals surface area contributed by atoms with E-state index in [2.05, 4.69) is 0 Å². The second-order valence-electron chi connectivity index (χ2n) is 5.77. The highest BCUT2D eigenvalue weighted by atomic mass is 16.6. The second kappa shape index (κ2) is 4.23. The fourth-order valence-electron chi connectivity index (χ4n) is 3.11. The number of benzene rings is 1. The highest BCUT2D eigenvalue weighted by Gasteiger charge is 2.52. The number of carbonyl (C=O) groups is 2. The van der Waals surface area contributed by atoms with Crippen molar-refractivity contribution >= 4 is 17.7 Å². The number of anilines is 1. The summed E-state index contributed by atoms with van der Waals surface area (Å²) in [6, 6.07) is 7.61. The Morgan fingerprint density at radius 3 is 2.80 bits per heavy atom. The summed E-state index contributed by atoms with van der Waals surface area (Å²) < 4.78 is 10.3. The van der Waals surface area contributed by atoms with Crippen LogP contribution in [-0.4, -0.2) is 25.4 Å². The molecule has 0 spiro atoms. The van der Waals surface area contributed by atoms with E-state index in [-0.39, 0.29) is 11.9 Å². The average molecular weight is 275 g/mol. The molecule has 1 amide bonds. The summed E-state index contributed by atoms with van der Waals surface area (Å²) in [5.74, 6) is -0.229. The van der Waals surface area contributed by atoms with Gasteiger partial charge in [0, 0.05) is 12.3 Å². The van der Waals surface area contributed by atoms with Crippen molar-refractivity contribution in [3.8, 4) is 0 Å². The Labute approximate surface area is 117 Å². The summed E-state index contributed by atoms with van der Waals surface area (Å²) in [6.07, 6.45) is -0.485. The highest BCUT2D eigenvalue weighted by Crippen LogP contribution is 2.51. The summed E-state index contributed by atoms with van der Waals surface area (Å²) >= 11 is 0. The molecule has 2 aliphatic heterocycles. The predicted molar refractivity (Wildman–Crippen MR) is 72.3 cm³/mol. The number of fused-ring (bicyclic) bond motifs is 4. The van der Waals surface area contributed by atoms with E-state index >= 15 is 0 Å². The number of methoxy groups -OCH3 is 1. The molecule has 0 saturated carbocycles. The maximum atomic E-state index is 12.2. The number of nitrogens with zero attached hydrogens (tertiary/aromatic N) is 1. The van der Waals surface area contributed by atoms with Gasteiger partial charge in [-0.05, 0) is 25.5 Å². The monoisotopic (exact) mass is 275 g/mol. The van der Waals surface area contributed by atoms with Crippen LogP contribution in [0.1, 0.15) is 31.7 Å². The number of hydrogen-bond acceptors (Lipinski definition) is 4. The zero-order valence-corrected chi connectivity index (χ0v) is 11.8. The lowest BCUT2D eigenvalue weighted by atomic mass is 9.69. The molecule has 0 radical (unpaired) electrons. The third kappa shape index (κ3) is 1.62. The lowest BCUT2D eigenvalue weighted by Crippen LogP contribution is -2.55. The van der Waals surface area contributed by atoms with E-state index in [0.717, 1.165) is 11.3 Å². The summed E-state index contributed by atoms with van der Waals surface area (Å²) in [5.41, 5.74) is 1.17. The van der Waals surface area contributed by atoms with Gasteiger partial charge in [0.15, 0.2) is 6.23 Å². The van der Waals surface area contributed by atoms with Gasteiger partial charge in [-0.3, -0.25) is 4.79 Å². The van der Waals surface area contributed by atoms with E-state index in [1.807, 2.05) is 38.1 Å². The van der Waals surface area contributed by atoms with E-state index in [0.29, 0.717) is 6.42 Å². The molecule has 5 heteroatoms. The molecule has 5 nitrogen and oxygen atoms in total. The quantitative estimate of drug-likeness (QED) is 0.683. The molecule has 0 N–H and O–H groups in total. The molecule has 106 valence electrons. The normalized spacial score (nSPS) is 26.6. The van der Waals surface area contributed by atoms with Gasteiger partial charge in [0.25, 0.3) is 0 Å². The van der Waals surface area contributed by atoms with Crippen molar-refractivity contribution in [2.75, 3.05) is 12.0 Å². The first-order valence-electron chi connectivity index (χ1n) is 6.64. The van der Waals surface area contributed by atoms with Crippen molar-refractivity contribution in [1.82, 2.24) is 0 Å². The van der Waals surface area contributed by atoms with E-state index in [4.69, 9.17) is 9.47 Å². The Balaban J connectivity index is 2.17. The highest BCUT2D eigenvalue weighted by molar-refractivity contribution is 5.92. The van der Waals surface area contributed by atoms with Crippen LogP contribution in [0.25, 0.3) is 0 Å². The zero-order chi connectivity index (χ0) is 14.5. The van der Waals surface area contributed by atoms with Crippen LogP contribution < -0.4 is 4.90 Å². The predicted octanol–water partition coefficient (Wildman–Crippen LogP) is 2.66. The Kier molecular flexibility index (Phi) is 2.74. The summed E-state index contributed by atoms with van der Waals surface area (Å²) in [5, 5.41) is 0. The SMILES string of the molecule is COC(=O)N1c2ccccc2C2CC1OC(=O)C2(C)C. The van der Waals surface area contributed by atoms with Gasteiger partial charge in [0.05, 0.1) is 18.2 Å². The van der Waals surface area contributed by atoms with Crippen LogP contribution in [0.4, 0.5) is 10.5 Å². The van der Waals surface area contributed by atoms with E-state index in [1.165, 1.54) is 12.0 Å². The van der Waals surface area contributed by atoms with Crippen LogP contribution >= 0.6 is 0 Å². The van der Waals surface area contributed by atoms with Crippen molar-refractivity contribution in [3.05, 3.63) is 29.8 Å². The van der Waals surface area contributed by atoms with Crippen LogP contribution in [0.15, 0.2) is 24.3 Å². The van der Waals surface area contributed by atoms with Crippen molar-refractivity contribution < 1.29 is 19.1 Å². The van der Waals surface area contributed by atoms with Crippen LogP contribution in [0, 0.1) is 5.41 Å². The largest absolute Gasteiger partial charge is 0.452 e. The number of ether oxygens (including phenoxy) is 2. The topological polar surface area (TPSA) is 55.8 Å². The van der Waals surface area contributed by atoms with Crippen molar-refractivity contribution in [2.45, 2.75) is 32.4 Å². The average Bonchev–Trinajstić information content (AvgIpc) is 2.44. The minimum atomic E-state index is -0.588. The first kappa shape index (κ1) is 13.0. The maximum absolute atomic E-state index is 12.2. The van der Waals surface area contributed by atoms with Crippen molar-refractivity contribution in [1.29, 1.82) is 0 Å². The van der Waals surface area contributed by atoms with Gasteiger partial charge < -0.3 is 9.47 Å². The number of rotatable bonds is 0. The van der Waals surface area contributed by atoms with Gasteiger partial charge >= 0.3 is 12.1 Å². The molecule has 0 aromatic heterocycles. The van der Waals surface area contributed by atoms with Gasteiger partial charge in [-0.1, -0.05) is 18.2 Å². The van der Waals surface area contributed by atoms with Crippen molar-refractivity contribution in [2.24, 2.45) is 5.41 Å². The smallest absolute Gasteiger partial charge is 0.417 e. The summed E-state index contributed by atoms with van der Waals surface area (Å²) in [6.45, 7) is 3.78. The fourth-order valence-corrected chi connectivity index (χ4v) is 3.11. The van der Waals surface area contributed by atoms with Crippen LogP contribution in [0.3, 0.4) is 0 Å². The molecule has 2 unspecified atom stereocenters. The van der Waals surface area contributed by atoms with Gasteiger partial charge in [-0.2, -0.15) is 0 Å². The summed E-state index contributed by atoms with van der Waals surface area (Å²) in [7, 11) is 1.33. The summed E-state index contributed by atoms with van der Waals surface area (Å²) in [4.78, 5) is 25.6. The van der Waals surface area contributed by atoms with Crippen molar-refractivity contribution in [3.63, 3.8) is 0 Å². The Hall–Kier alpha value is -2.04. The number of carbonyl (C=O) groups excluding carboxylic acids is 2. The van der Waals surface area contributed by atoms with E-state index in [1.54, 1.807) is 0 Å². The number of esters is 1. The molecule has 1 saturated heterocycles. The third-order valence-electron chi connectivity index (χ3n) is 4.31. The molecule has 2 aliphatic rings. The second-order valence-corrected chi connectivity index (χ2v) is 5.77. The minimum absolute atomic E-state index is 0.0471. The maximum Gasteiger partial charge on any atom is 0.417 e. The third-order valence-corrected chi connectivity index (χ3v) is 4.31. The first-order chi connectivity index (χ1) is 9.46. The Morgan fingerprint density at radius 2 is 2.10 bits per heavy atom. The number of amides is 1. The van der Waals surface area contributed by atoms with Crippen LogP contribution in [0.5, 0.6) is 0 Å². The van der Waals surface area contributed by atoms with Gasteiger partial charge in [0.2, 0.25) is 0 Å². The zero-order valence-electron chi connectivity index (χ0n) is 11.8. The fraction of sp³-hybridized carbons (Fsp3) is 0.467. The molecule has 1 aromatic carbocycles. The molecule has 2 atom stereocenters. The molecule has 0 aliphatic carbocycles. The molecule has 2 heterocycles. The van der Waals surface area contributed by atoms with E-state index in [9.17, 15) is 9.59 Å². The lowest BCUT2D eigenvalue weighted by molar-refractivity contribution is -0.170. The first-order valence-corrected chi connectivity index (χ1v) is 6.64. The van der Waals surface area contributed by atoms with Gasteiger partial charge in [0.1, 0.15) is 0 Å². The molecule has 3 rings (SSSR count). The molecule has 2 bridgehead atoms. The lowest BCUT2D eigenvalue weighted by Gasteiger charge is -2.48. The standard InChI is InChI=1S/C15H17NO4/c1-15(2)10-8-12(20-13(15)17)16(14(18)19-3)11-7-5-4-6-9(10)11/h4-7,10,12H,8H2,1-3H3. The Bertz CT molecular complexity index is 581. The van der Waals surface area contributed by atoms with Crippen LogP contribution in [0.2, 0.25) is 0 Å². The Morgan fingerprint density at radius 1 is 1.40 bits per heavy atom. The molecule has 20 heavy (non-hydrogen) atoms. The van der Waals surface area contributed by atoms with Crippen LogP contribution in [-0.2, 0) is 14.3 Å². The number of para-hydroxylation sites is 1. The van der Waals surface area contributed by atoms with Gasteiger partial charge in [-0.25, -0.2) is 9.69 Å². The number of hydrogen-bond donors (Lipinski definition) is 0. The molecular weight excluding hydrogens is 258 g/mol.